The van der Waals surface area contributed by atoms with Crippen LogP contribution in [0.1, 0.15) is 19.4 Å². The van der Waals surface area contributed by atoms with Crippen molar-refractivity contribution in [2.24, 2.45) is 0 Å². The maximum absolute atomic E-state index is 11.1. The average molecular weight is 222 g/mol. The van der Waals surface area contributed by atoms with Crippen molar-refractivity contribution >= 4 is 6.29 Å². The Labute approximate surface area is 94.1 Å². The van der Waals surface area contributed by atoms with Crippen molar-refractivity contribution in [3.05, 3.63) is 17.7 Å². The molecule has 0 bridgehead atoms. The molecule has 4 heteroatoms. The van der Waals surface area contributed by atoms with Crippen LogP contribution in [0, 0.1) is 0 Å². The van der Waals surface area contributed by atoms with Gasteiger partial charge in [-0.2, -0.15) is 0 Å². The Morgan fingerprint density at radius 2 is 1.94 bits per heavy atom. The van der Waals surface area contributed by atoms with Gasteiger partial charge in [-0.25, -0.2) is 0 Å². The number of aldehydes is 1. The third-order valence-corrected chi connectivity index (χ3v) is 2.68. The highest BCUT2D eigenvalue weighted by Gasteiger charge is 2.27. The molecule has 1 aromatic carbocycles. The Balaban J connectivity index is 2.56. The van der Waals surface area contributed by atoms with Gasteiger partial charge in [0.25, 0.3) is 0 Å². The van der Waals surface area contributed by atoms with Crippen LogP contribution in [0.5, 0.6) is 17.2 Å². The molecule has 0 radical (unpaired) electrons. The van der Waals surface area contributed by atoms with Crippen molar-refractivity contribution in [3.63, 3.8) is 0 Å². The van der Waals surface area contributed by atoms with Gasteiger partial charge in [0.1, 0.15) is 12.0 Å². The molecular weight excluding hydrogens is 208 g/mol. The van der Waals surface area contributed by atoms with Crippen molar-refractivity contribution in [3.8, 4) is 17.2 Å². The molecule has 0 atom stereocenters. The molecule has 0 N–H and O–H groups in total. The summed E-state index contributed by atoms with van der Waals surface area (Å²) in [5, 5.41) is 0. The van der Waals surface area contributed by atoms with Gasteiger partial charge in [-0.15, -0.1) is 0 Å². The molecule has 0 fully saturated rings. The summed E-state index contributed by atoms with van der Waals surface area (Å²) < 4.78 is 15.8. The molecule has 0 amide bonds. The lowest BCUT2D eigenvalue weighted by Crippen LogP contribution is -2.19. The van der Waals surface area contributed by atoms with Crippen LogP contribution in [0.3, 0.4) is 0 Å². The topological polar surface area (TPSA) is 44.8 Å². The van der Waals surface area contributed by atoms with E-state index in [1.165, 1.54) is 0 Å². The van der Waals surface area contributed by atoms with Crippen molar-refractivity contribution in [1.82, 2.24) is 0 Å². The van der Waals surface area contributed by atoms with E-state index in [9.17, 15) is 4.79 Å². The van der Waals surface area contributed by atoms with Crippen LogP contribution in [0.2, 0.25) is 0 Å². The second-order valence-corrected chi connectivity index (χ2v) is 4.25. The summed E-state index contributed by atoms with van der Waals surface area (Å²) >= 11 is 0. The van der Waals surface area contributed by atoms with E-state index in [2.05, 4.69) is 0 Å². The number of rotatable bonds is 3. The number of ether oxygens (including phenoxy) is 3. The number of carbonyl (C=O) groups excluding carboxylic acids is 1. The van der Waals surface area contributed by atoms with Gasteiger partial charge in [-0.1, -0.05) is 0 Å². The van der Waals surface area contributed by atoms with Crippen LogP contribution in [0.25, 0.3) is 0 Å². The van der Waals surface area contributed by atoms with E-state index in [0.29, 0.717) is 17.2 Å². The number of carbonyl (C=O) groups is 1. The van der Waals surface area contributed by atoms with Gasteiger partial charge in [-0.05, 0) is 19.9 Å². The Morgan fingerprint density at radius 1 is 1.31 bits per heavy atom. The molecule has 4 nitrogen and oxygen atoms in total. The lowest BCUT2D eigenvalue weighted by atomic mass is 9.85. The molecule has 0 aliphatic carbocycles. The van der Waals surface area contributed by atoms with Gasteiger partial charge < -0.3 is 19.0 Å². The second-order valence-electron chi connectivity index (χ2n) is 4.25. The van der Waals surface area contributed by atoms with E-state index in [4.69, 9.17) is 14.2 Å². The standard InChI is InChI=1S/C12H14O4/c1-12(2,6-13)8-4-10-11(16-7-15-10)5-9(8)14-3/h4-6H,7H2,1-3H3. The molecule has 0 saturated carbocycles. The van der Waals surface area contributed by atoms with E-state index in [-0.39, 0.29) is 6.79 Å². The summed E-state index contributed by atoms with van der Waals surface area (Å²) in [4.78, 5) is 11.1. The quantitative estimate of drug-likeness (QED) is 0.733. The highest BCUT2D eigenvalue weighted by atomic mass is 16.7. The van der Waals surface area contributed by atoms with E-state index in [0.717, 1.165) is 11.8 Å². The monoisotopic (exact) mass is 222 g/mol. The molecule has 0 saturated heterocycles. The maximum Gasteiger partial charge on any atom is 0.231 e. The smallest absolute Gasteiger partial charge is 0.231 e. The van der Waals surface area contributed by atoms with Gasteiger partial charge in [-0.3, -0.25) is 0 Å². The minimum atomic E-state index is -0.605. The first-order valence-corrected chi connectivity index (χ1v) is 5.03. The fourth-order valence-electron chi connectivity index (χ4n) is 1.66. The number of hydrogen-bond acceptors (Lipinski definition) is 4. The number of fused-ring (bicyclic) bond motifs is 1. The van der Waals surface area contributed by atoms with Crippen LogP contribution in [0.4, 0.5) is 0 Å². The van der Waals surface area contributed by atoms with Crippen LogP contribution in [-0.4, -0.2) is 20.2 Å². The number of methoxy groups -OCH3 is 1. The molecule has 0 aromatic heterocycles. The second kappa shape index (κ2) is 3.70. The van der Waals surface area contributed by atoms with Crippen LogP contribution in [-0.2, 0) is 10.2 Å². The summed E-state index contributed by atoms with van der Waals surface area (Å²) in [6, 6.07) is 3.55. The zero-order valence-corrected chi connectivity index (χ0v) is 9.57. The van der Waals surface area contributed by atoms with Gasteiger partial charge >= 0.3 is 0 Å². The van der Waals surface area contributed by atoms with Crippen molar-refractivity contribution in [2.75, 3.05) is 13.9 Å². The van der Waals surface area contributed by atoms with Gasteiger partial charge in [0.05, 0.1) is 7.11 Å². The molecular formula is C12H14O4. The molecule has 1 aromatic rings. The molecule has 1 aliphatic rings. The predicted molar refractivity (Wildman–Crippen MR) is 58.2 cm³/mol. The summed E-state index contributed by atoms with van der Waals surface area (Å²) in [6.45, 7) is 3.88. The Bertz CT molecular complexity index is 423. The van der Waals surface area contributed by atoms with E-state index in [1.54, 1.807) is 19.2 Å². The average Bonchev–Trinajstić information content (AvgIpc) is 2.74. The third-order valence-electron chi connectivity index (χ3n) is 2.68. The predicted octanol–water partition coefficient (Wildman–Crippen LogP) is 1.90. The van der Waals surface area contributed by atoms with Gasteiger partial charge in [0, 0.05) is 17.0 Å². The lowest BCUT2D eigenvalue weighted by molar-refractivity contribution is -0.111. The van der Waals surface area contributed by atoms with Crippen molar-refractivity contribution in [1.29, 1.82) is 0 Å². The minimum Gasteiger partial charge on any atom is -0.496 e. The minimum absolute atomic E-state index is 0.212. The van der Waals surface area contributed by atoms with Gasteiger partial charge in [0.15, 0.2) is 11.5 Å². The largest absolute Gasteiger partial charge is 0.496 e. The Morgan fingerprint density at radius 3 is 2.50 bits per heavy atom. The van der Waals surface area contributed by atoms with Crippen molar-refractivity contribution < 1.29 is 19.0 Å². The third kappa shape index (κ3) is 1.60. The molecule has 1 heterocycles. The first-order chi connectivity index (χ1) is 7.58. The normalized spacial score (nSPS) is 13.7. The number of benzene rings is 1. The summed E-state index contributed by atoms with van der Waals surface area (Å²) in [7, 11) is 1.57. The summed E-state index contributed by atoms with van der Waals surface area (Å²) in [6.07, 6.45) is 0.896. The van der Waals surface area contributed by atoms with Crippen molar-refractivity contribution in [2.45, 2.75) is 19.3 Å². The van der Waals surface area contributed by atoms with E-state index < -0.39 is 5.41 Å². The first kappa shape index (κ1) is 10.8. The van der Waals surface area contributed by atoms with Crippen LogP contribution >= 0.6 is 0 Å². The molecule has 0 unspecified atom stereocenters. The number of hydrogen-bond donors (Lipinski definition) is 0. The zero-order chi connectivity index (χ0) is 11.8. The SMILES string of the molecule is COc1cc2c(cc1C(C)(C)C=O)OCO2. The molecule has 0 spiro atoms. The van der Waals surface area contributed by atoms with E-state index in [1.807, 2.05) is 13.8 Å². The van der Waals surface area contributed by atoms with Gasteiger partial charge in [0.2, 0.25) is 6.79 Å². The van der Waals surface area contributed by atoms with E-state index >= 15 is 0 Å². The molecule has 16 heavy (non-hydrogen) atoms. The summed E-state index contributed by atoms with van der Waals surface area (Å²) in [5.41, 5.74) is 0.195. The molecule has 1 aliphatic heterocycles. The van der Waals surface area contributed by atoms with Crippen LogP contribution in [0.15, 0.2) is 12.1 Å². The zero-order valence-electron chi connectivity index (χ0n) is 9.57. The fraction of sp³-hybridized carbons (Fsp3) is 0.417. The lowest BCUT2D eigenvalue weighted by Gasteiger charge is -2.20. The Kier molecular flexibility index (Phi) is 2.50. The summed E-state index contributed by atoms with van der Waals surface area (Å²) in [5.74, 6) is 1.95. The maximum atomic E-state index is 11.1. The first-order valence-electron chi connectivity index (χ1n) is 5.03. The molecule has 2 rings (SSSR count). The Hall–Kier alpha value is -1.71. The highest BCUT2D eigenvalue weighted by Crippen LogP contribution is 2.41. The molecule has 86 valence electrons. The fourth-order valence-corrected chi connectivity index (χ4v) is 1.66. The van der Waals surface area contributed by atoms with Crippen LogP contribution < -0.4 is 14.2 Å². The highest BCUT2D eigenvalue weighted by molar-refractivity contribution is 5.71.